The van der Waals surface area contributed by atoms with E-state index in [1.165, 1.54) is 0 Å². The molecule has 1 amide bonds. The highest BCUT2D eigenvalue weighted by molar-refractivity contribution is 5.91. The lowest BCUT2D eigenvalue weighted by Crippen LogP contribution is -2.38. The molecule has 4 heterocycles. The second kappa shape index (κ2) is 6.23. The molecule has 24 heavy (non-hydrogen) atoms. The van der Waals surface area contributed by atoms with Crippen molar-refractivity contribution in [1.29, 1.82) is 0 Å². The molecule has 1 aliphatic heterocycles. The Balaban J connectivity index is 1.38. The first-order chi connectivity index (χ1) is 11.8. The number of nitrogens with one attached hydrogen (secondary N) is 1. The Morgan fingerprint density at radius 3 is 2.67 bits per heavy atom. The van der Waals surface area contributed by atoms with Gasteiger partial charge in [-0.15, -0.1) is 5.10 Å². The van der Waals surface area contributed by atoms with Gasteiger partial charge in [-0.3, -0.25) is 10.1 Å². The Bertz CT molecular complexity index is 840. The van der Waals surface area contributed by atoms with Crippen LogP contribution in [0.2, 0.25) is 0 Å². The minimum Gasteiger partial charge on any atom is -0.355 e. The lowest BCUT2D eigenvalue weighted by Gasteiger charge is -2.31. The summed E-state index contributed by atoms with van der Waals surface area (Å²) in [5.41, 5.74) is 0.830. The maximum atomic E-state index is 12.3. The molecule has 0 unspecified atom stereocenters. The Kier molecular flexibility index (Phi) is 3.78. The molecule has 1 N–H and O–H groups in total. The third-order valence-corrected chi connectivity index (χ3v) is 4.23. The molecule has 1 saturated heterocycles. The van der Waals surface area contributed by atoms with E-state index in [1.807, 2.05) is 18.3 Å². The molecule has 1 fully saturated rings. The van der Waals surface area contributed by atoms with Gasteiger partial charge < -0.3 is 4.90 Å². The van der Waals surface area contributed by atoms with Gasteiger partial charge in [-0.1, -0.05) is 0 Å². The number of hydrogen-bond donors (Lipinski definition) is 1. The van der Waals surface area contributed by atoms with Crippen molar-refractivity contribution in [3.8, 4) is 0 Å². The summed E-state index contributed by atoms with van der Waals surface area (Å²) in [6, 6.07) is 5.65. The van der Waals surface area contributed by atoms with Crippen molar-refractivity contribution in [2.24, 2.45) is 5.92 Å². The van der Waals surface area contributed by atoms with Crippen LogP contribution >= 0.6 is 0 Å². The second-order valence-corrected chi connectivity index (χ2v) is 5.74. The molecule has 1 aliphatic rings. The number of carbonyl (C=O) groups excluding carboxylic acids is 1. The molecule has 3 aromatic rings. The summed E-state index contributed by atoms with van der Waals surface area (Å²) >= 11 is 0. The SMILES string of the molecule is O=C(Nc1ncccn1)C1CCN(c2ccc3nccn3n2)CC1. The molecule has 0 aromatic carbocycles. The number of carbonyl (C=O) groups is 1. The summed E-state index contributed by atoms with van der Waals surface area (Å²) in [6.07, 6.45) is 8.35. The molecule has 0 aliphatic carbocycles. The van der Waals surface area contributed by atoms with Crippen LogP contribution < -0.4 is 10.2 Å². The molecule has 0 atom stereocenters. The molecule has 8 heteroatoms. The molecule has 0 radical (unpaired) electrons. The van der Waals surface area contributed by atoms with Gasteiger partial charge in [0.05, 0.1) is 0 Å². The Labute approximate surface area is 138 Å². The zero-order chi connectivity index (χ0) is 16.4. The van der Waals surface area contributed by atoms with Crippen LogP contribution in [0.3, 0.4) is 0 Å². The van der Waals surface area contributed by atoms with Gasteiger partial charge in [0.15, 0.2) is 5.65 Å². The number of piperidine rings is 1. The monoisotopic (exact) mass is 323 g/mol. The number of fused-ring (bicyclic) bond motifs is 1. The first-order valence-electron chi connectivity index (χ1n) is 7.93. The highest BCUT2D eigenvalue weighted by atomic mass is 16.2. The predicted molar refractivity (Wildman–Crippen MR) is 88.6 cm³/mol. The van der Waals surface area contributed by atoms with Crippen molar-refractivity contribution in [3.63, 3.8) is 0 Å². The second-order valence-electron chi connectivity index (χ2n) is 5.74. The van der Waals surface area contributed by atoms with Crippen LogP contribution in [0, 0.1) is 5.92 Å². The fourth-order valence-electron chi connectivity index (χ4n) is 2.92. The van der Waals surface area contributed by atoms with Gasteiger partial charge in [0, 0.05) is 43.8 Å². The van der Waals surface area contributed by atoms with Crippen molar-refractivity contribution in [3.05, 3.63) is 43.0 Å². The molecule has 8 nitrogen and oxygen atoms in total. The third-order valence-electron chi connectivity index (χ3n) is 4.23. The molecule has 3 aromatic heterocycles. The molecular weight excluding hydrogens is 306 g/mol. The van der Waals surface area contributed by atoms with Crippen molar-refractivity contribution in [1.82, 2.24) is 24.6 Å². The summed E-state index contributed by atoms with van der Waals surface area (Å²) in [6.45, 7) is 1.59. The van der Waals surface area contributed by atoms with E-state index in [9.17, 15) is 4.79 Å². The molecule has 0 spiro atoms. The van der Waals surface area contributed by atoms with Crippen molar-refractivity contribution >= 4 is 23.3 Å². The van der Waals surface area contributed by atoms with Crippen LogP contribution in [0.4, 0.5) is 11.8 Å². The van der Waals surface area contributed by atoms with E-state index >= 15 is 0 Å². The predicted octanol–water partition coefficient (Wildman–Crippen LogP) is 1.37. The van der Waals surface area contributed by atoms with Gasteiger partial charge in [0.25, 0.3) is 0 Å². The summed E-state index contributed by atoms with van der Waals surface area (Å²) < 4.78 is 1.76. The zero-order valence-electron chi connectivity index (χ0n) is 13.0. The first kappa shape index (κ1) is 14.6. The number of rotatable bonds is 3. The summed E-state index contributed by atoms with van der Waals surface area (Å²) in [7, 11) is 0. The quantitative estimate of drug-likeness (QED) is 0.783. The highest BCUT2D eigenvalue weighted by Gasteiger charge is 2.26. The van der Waals surface area contributed by atoms with Crippen LogP contribution in [-0.4, -0.2) is 43.6 Å². The largest absolute Gasteiger partial charge is 0.355 e. The number of nitrogens with zero attached hydrogens (tertiary/aromatic N) is 6. The minimum absolute atomic E-state index is 0.0149. The van der Waals surface area contributed by atoms with Gasteiger partial charge in [0.2, 0.25) is 11.9 Å². The lowest BCUT2D eigenvalue weighted by molar-refractivity contribution is -0.120. The number of amides is 1. The fraction of sp³-hybridized carbons (Fsp3) is 0.312. The van der Waals surface area contributed by atoms with E-state index in [1.54, 1.807) is 29.2 Å². The molecule has 122 valence electrons. The van der Waals surface area contributed by atoms with E-state index < -0.39 is 0 Å². The zero-order valence-corrected chi connectivity index (χ0v) is 13.0. The molecule has 0 bridgehead atoms. The number of imidazole rings is 1. The normalized spacial score (nSPS) is 15.6. The number of aromatic nitrogens is 5. The van der Waals surface area contributed by atoms with Gasteiger partial charge in [0.1, 0.15) is 5.82 Å². The van der Waals surface area contributed by atoms with Crippen molar-refractivity contribution < 1.29 is 4.79 Å². The average Bonchev–Trinajstić information content (AvgIpc) is 3.10. The van der Waals surface area contributed by atoms with Crippen molar-refractivity contribution in [2.45, 2.75) is 12.8 Å². The lowest BCUT2D eigenvalue weighted by atomic mass is 9.96. The first-order valence-corrected chi connectivity index (χ1v) is 7.93. The van der Waals surface area contributed by atoms with Crippen LogP contribution in [-0.2, 0) is 4.79 Å². The Morgan fingerprint density at radius 2 is 1.88 bits per heavy atom. The van der Waals surface area contributed by atoms with Crippen molar-refractivity contribution in [2.75, 3.05) is 23.3 Å². The maximum Gasteiger partial charge on any atom is 0.229 e. The van der Waals surface area contributed by atoms with Gasteiger partial charge in [-0.2, -0.15) is 0 Å². The smallest absolute Gasteiger partial charge is 0.229 e. The molecule has 0 saturated carbocycles. The standard InChI is InChI=1S/C16H17N7O/c24-15(20-16-18-6-1-7-19-16)12-4-9-22(10-5-12)14-3-2-13-17-8-11-23(13)21-14/h1-3,6-8,11-12H,4-5,9-10H2,(H,18,19,20,24). The van der Waals surface area contributed by atoms with Crippen LogP contribution in [0.5, 0.6) is 0 Å². The van der Waals surface area contributed by atoms with Gasteiger partial charge in [-0.25, -0.2) is 19.5 Å². The van der Waals surface area contributed by atoms with E-state index in [-0.39, 0.29) is 11.8 Å². The number of anilines is 2. The van der Waals surface area contributed by atoms with E-state index in [4.69, 9.17) is 0 Å². The Hall–Kier alpha value is -3.03. The summed E-state index contributed by atoms with van der Waals surface area (Å²) in [5, 5.41) is 7.34. The third kappa shape index (κ3) is 2.90. The highest BCUT2D eigenvalue weighted by Crippen LogP contribution is 2.22. The van der Waals surface area contributed by atoms with Crippen LogP contribution in [0.15, 0.2) is 43.0 Å². The summed E-state index contributed by atoms with van der Waals surface area (Å²) in [5.74, 6) is 1.23. The van der Waals surface area contributed by atoms with E-state index in [0.29, 0.717) is 5.95 Å². The van der Waals surface area contributed by atoms with Gasteiger partial charge in [-0.05, 0) is 31.0 Å². The van der Waals surface area contributed by atoms with Crippen LogP contribution in [0.1, 0.15) is 12.8 Å². The molecular formula is C16H17N7O. The van der Waals surface area contributed by atoms with E-state index in [0.717, 1.165) is 37.4 Å². The fourth-order valence-corrected chi connectivity index (χ4v) is 2.92. The van der Waals surface area contributed by atoms with Crippen LogP contribution in [0.25, 0.3) is 5.65 Å². The number of hydrogen-bond acceptors (Lipinski definition) is 6. The summed E-state index contributed by atoms with van der Waals surface area (Å²) in [4.78, 5) is 26.8. The van der Waals surface area contributed by atoms with E-state index in [2.05, 4.69) is 30.3 Å². The maximum absolute atomic E-state index is 12.3. The topological polar surface area (TPSA) is 88.3 Å². The Morgan fingerprint density at radius 1 is 1.08 bits per heavy atom. The minimum atomic E-state index is -0.0259. The molecule has 4 rings (SSSR count). The van der Waals surface area contributed by atoms with Gasteiger partial charge >= 0.3 is 0 Å². The average molecular weight is 323 g/mol.